The molecule has 0 amide bonds. The fraction of sp³-hybridized carbons (Fsp3) is 0.571. The van der Waals surface area contributed by atoms with Crippen LogP contribution in [0.3, 0.4) is 0 Å². The molecule has 3 atom stereocenters. The maximum absolute atomic E-state index is 6.42. The predicted octanol–water partition coefficient (Wildman–Crippen LogP) is 6.65. The van der Waals surface area contributed by atoms with Gasteiger partial charge in [-0.05, 0) is 80.4 Å². The van der Waals surface area contributed by atoms with Crippen LogP contribution in [-0.4, -0.2) is 56.5 Å². The zero-order valence-corrected chi connectivity index (χ0v) is 25.1. The van der Waals surface area contributed by atoms with Crippen molar-refractivity contribution in [3.63, 3.8) is 0 Å². The topological polar surface area (TPSA) is 71.8 Å². The van der Waals surface area contributed by atoms with E-state index in [0.717, 1.165) is 43.7 Å². The number of benzene rings is 2. The van der Waals surface area contributed by atoms with Crippen LogP contribution in [0, 0.1) is 0 Å². The number of rotatable bonds is 17. The molecule has 3 unspecified atom stereocenters. The van der Waals surface area contributed by atoms with Crippen molar-refractivity contribution >= 4 is 46.4 Å². The van der Waals surface area contributed by atoms with Crippen molar-refractivity contribution in [2.75, 3.05) is 39.5 Å². The van der Waals surface area contributed by atoms with Crippen molar-refractivity contribution in [1.82, 2.24) is 15.7 Å². The lowest BCUT2D eigenvalue weighted by Crippen LogP contribution is -2.41. The third kappa shape index (κ3) is 10.7. The molecule has 1 heterocycles. The molecule has 2 aromatic rings. The van der Waals surface area contributed by atoms with Crippen LogP contribution in [0.15, 0.2) is 36.4 Å². The van der Waals surface area contributed by atoms with Gasteiger partial charge in [0, 0.05) is 28.5 Å². The molecule has 0 saturated carbocycles. The molecule has 10 heteroatoms. The quantitative estimate of drug-likeness (QED) is 0.106. The van der Waals surface area contributed by atoms with Gasteiger partial charge in [0.25, 0.3) is 0 Å². The van der Waals surface area contributed by atoms with Crippen LogP contribution in [-0.2, 0) is 16.2 Å². The van der Waals surface area contributed by atoms with Gasteiger partial charge in [-0.15, -0.1) is 0 Å². The minimum atomic E-state index is -0.170. The van der Waals surface area contributed by atoms with E-state index >= 15 is 0 Å². The Morgan fingerprint density at radius 2 is 1.84 bits per heavy atom. The van der Waals surface area contributed by atoms with E-state index in [1.54, 1.807) is 6.07 Å². The summed E-state index contributed by atoms with van der Waals surface area (Å²) >= 11 is 25.0. The lowest BCUT2D eigenvalue weighted by molar-refractivity contribution is -0.0214. The minimum Gasteiger partial charge on any atom is -0.375 e. The average molecular weight is 606 g/mol. The Morgan fingerprint density at radius 3 is 2.55 bits per heavy atom. The summed E-state index contributed by atoms with van der Waals surface area (Å²) in [6.07, 6.45) is 5.82. The largest absolute Gasteiger partial charge is 0.375 e. The first-order valence-corrected chi connectivity index (χ1v) is 14.9. The van der Waals surface area contributed by atoms with Crippen LogP contribution in [0.2, 0.25) is 20.1 Å². The first kappa shape index (κ1) is 31.9. The standard InChI is InChI=1S/C28H40Cl4N4O2/c1-2-3-4-9-34-24-7-10-36(16-24)11-8-25(21-5-6-26(31)27(32)14-21)28(35-38-19-33)18-37-17-20-12-22(29)15-23(30)13-20/h5-6,12-15,24-25,28,34-35H,2-4,7-11,16-19,33H2,1H3. The van der Waals surface area contributed by atoms with Crippen LogP contribution >= 0.6 is 46.4 Å². The Balaban J connectivity index is 1.66. The van der Waals surface area contributed by atoms with Gasteiger partial charge in [0.05, 0.1) is 29.3 Å². The minimum absolute atomic E-state index is 0.0476. The van der Waals surface area contributed by atoms with Gasteiger partial charge in [0.1, 0.15) is 6.73 Å². The second kappa shape index (κ2) is 17.2. The molecule has 1 fully saturated rings. The highest BCUT2D eigenvalue weighted by molar-refractivity contribution is 6.42. The van der Waals surface area contributed by atoms with E-state index in [-0.39, 0.29) is 18.7 Å². The van der Waals surface area contributed by atoms with E-state index in [9.17, 15) is 0 Å². The number of nitrogens with two attached hydrogens (primary N) is 1. The Hall–Kier alpha value is -0.640. The average Bonchev–Trinajstić information content (AvgIpc) is 3.34. The molecular formula is C28H40Cl4N4O2. The molecule has 6 nitrogen and oxygen atoms in total. The van der Waals surface area contributed by atoms with E-state index in [2.05, 4.69) is 22.6 Å². The summed E-state index contributed by atoms with van der Waals surface area (Å²) in [4.78, 5) is 7.99. The Bertz CT molecular complexity index is 964. The molecule has 1 aliphatic heterocycles. The van der Waals surface area contributed by atoms with Crippen LogP contribution in [0.1, 0.15) is 56.1 Å². The van der Waals surface area contributed by atoms with Gasteiger partial charge in [-0.3, -0.25) is 4.84 Å². The number of ether oxygens (including phenoxy) is 1. The SMILES string of the molecule is CCCCCNC1CCN(CCC(c2ccc(Cl)c(Cl)c2)C(COCc2cc(Cl)cc(Cl)c2)NOCN)C1. The van der Waals surface area contributed by atoms with Crippen molar-refractivity contribution in [3.05, 3.63) is 67.6 Å². The fourth-order valence-electron chi connectivity index (χ4n) is 4.93. The third-order valence-electron chi connectivity index (χ3n) is 6.91. The molecule has 1 aliphatic rings. The molecule has 0 bridgehead atoms. The van der Waals surface area contributed by atoms with Crippen LogP contribution < -0.4 is 16.5 Å². The molecule has 0 aliphatic carbocycles. The fourth-order valence-corrected chi connectivity index (χ4v) is 5.81. The Labute approximate surface area is 247 Å². The van der Waals surface area contributed by atoms with Gasteiger partial charge >= 0.3 is 0 Å². The first-order valence-electron chi connectivity index (χ1n) is 13.4. The van der Waals surface area contributed by atoms with E-state index < -0.39 is 0 Å². The number of hydrogen-bond acceptors (Lipinski definition) is 6. The monoisotopic (exact) mass is 604 g/mol. The number of nitrogens with one attached hydrogen (secondary N) is 2. The van der Waals surface area contributed by atoms with E-state index in [0.29, 0.717) is 39.3 Å². The van der Waals surface area contributed by atoms with Crippen molar-refractivity contribution in [2.24, 2.45) is 5.73 Å². The number of nitrogens with zero attached hydrogens (tertiary/aromatic N) is 1. The second-order valence-corrected chi connectivity index (χ2v) is 11.5. The predicted molar refractivity (Wildman–Crippen MR) is 159 cm³/mol. The molecule has 0 radical (unpaired) electrons. The van der Waals surface area contributed by atoms with Crippen LogP contribution in [0.4, 0.5) is 0 Å². The smallest absolute Gasteiger partial charge is 0.116 e. The van der Waals surface area contributed by atoms with Gasteiger partial charge in [-0.25, -0.2) is 0 Å². The number of halogens is 4. The lowest BCUT2D eigenvalue weighted by Gasteiger charge is -2.30. The Morgan fingerprint density at radius 1 is 1.05 bits per heavy atom. The molecule has 38 heavy (non-hydrogen) atoms. The Kier molecular flexibility index (Phi) is 14.5. The van der Waals surface area contributed by atoms with Gasteiger partial charge in [0.15, 0.2) is 0 Å². The number of hydrogen-bond donors (Lipinski definition) is 3. The van der Waals surface area contributed by atoms with Gasteiger partial charge < -0.3 is 20.7 Å². The second-order valence-electron chi connectivity index (χ2n) is 9.84. The van der Waals surface area contributed by atoms with Crippen LogP contribution in [0.5, 0.6) is 0 Å². The van der Waals surface area contributed by atoms with Gasteiger partial charge in [0.2, 0.25) is 0 Å². The molecule has 4 N–H and O–H groups in total. The molecule has 1 saturated heterocycles. The highest BCUT2D eigenvalue weighted by Gasteiger charge is 2.28. The number of hydroxylamine groups is 1. The summed E-state index contributed by atoms with van der Waals surface area (Å²) in [5, 5.41) is 5.94. The lowest BCUT2D eigenvalue weighted by atomic mass is 9.89. The first-order chi connectivity index (χ1) is 18.4. The van der Waals surface area contributed by atoms with Crippen molar-refractivity contribution in [1.29, 1.82) is 0 Å². The van der Waals surface area contributed by atoms with E-state index in [1.165, 1.54) is 25.7 Å². The molecule has 2 aromatic carbocycles. The number of likely N-dealkylation sites (tertiary alicyclic amines) is 1. The molecule has 3 rings (SSSR count). The normalized spacial score (nSPS) is 17.7. The third-order valence-corrected chi connectivity index (χ3v) is 8.08. The summed E-state index contributed by atoms with van der Waals surface area (Å²) in [7, 11) is 0. The van der Waals surface area contributed by atoms with E-state index in [1.807, 2.05) is 30.3 Å². The van der Waals surface area contributed by atoms with E-state index in [4.69, 9.17) is 61.7 Å². The maximum Gasteiger partial charge on any atom is 0.116 e. The van der Waals surface area contributed by atoms with Crippen molar-refractivity contribution < 1.29 is 9.57 Å². The highest BCUT2D eigenvalue weighted by Crippen LogP contribution is 2.31. The molecule has 212 valence electrons. The molecule has 0 aromatic heterocycles. The molecule has 0 spiro atoms. The summed E-state index contributed by atoms with van der Waals surface area (Å²) in [5.41, 5.74) is 10.8. The zero-order chi connectivity index (χ0) is 27.3. The van der Waals surface area contributed by atoms with Crippen molar-refractivity contribution in [3.8, 4) is 0 Å². The summed E-state index contributed by atoms with van der Waals surface area (Å²) in [6.45, 7) is 7.22. The van der Waals surface area contributed by atoms with Crippen molar-refractivity contribution in [2.45, 2.75) is 63.6 Å². The van der Waals surface area contributed by atoms with Crippen LogP contribution in [0.25, 0.3) is 0 Å². The summed E-state index contributed by atoms with van der Waals surface area (Å²) in [5.74, 6) is 0.0517. The highest BCUT2D eigenvalue weighted by atomic mass is 35.5. The summed E-state index contributed by atoms with van der Waals surface area (Å²) in [6, 6.07) is 11.6. The zero-order valence-electron chi connectivity index (χ0n) is 22.0. The van der Waals surface area contributed by atoms with Gasteiger partial charge in [-0.2, -0.15) is 5.48 Å². The number of unbranched alkanes of at least 4 members (excludes halogenated alkanes) is 2. The maximum atomic E-state index is 6.42. The van der Waals surface area contributed by atoms with Gasteiger partial charge in [-0.1, -0.05) is 72.2 Å². The summed E-state index contributed by atoms with van der Waals surface area (Å²) < 4.78 is 6.12. The molecular weight excluding hydrogens is 566 g/mol.